The minimum Gasteiger partial charge on any atom is -0.482 e. The summed E-state index contributed by atoms with van der Waals surface area (Å²) in [5.41, 5.74) is 1.76. The lowest BCUT2D eigenvalue weighted by molar-refractivity contribution is 0.0986. The molecule has 2 aromatic rings. The third-order valence-electron chi connectivity index (χ3n) is 5.13. The Kier molecular flexibility index (Phi) is 3.93. The number of pyridine rings is 1. The Hall–Kier alpha value is -2.80. The highest BCUT2D eigenvalue weighted by molar-refractivity contribution is 5.74. The first kappa shape index (κ1) is 15.7. The summed E-state index contributed by atoms with van der Waals surface area (Å²) in [6.45, 7) is 0. The van der Waals surface area contributed by atoms with Gasteiger partial charge in [-0.25, -0.2) is 0 Å². The minimum atomic E-state index is -0.359. The Labute approximate surface area is 147 Å². The van der Waals surface area contributed by atoms with Crippen LogP contribution in [0.3, 0.4) is 0 Å². The van der Waals surface area contributed by atoms with E-state index < -0.39 is 0 Å². The quantitative estimate of drug-likeness (QED) is 0.790. The van der Waals surface area contributed by atoms with Gasteiger partial charge < -0.3 is 4.74 Å². The van der Waals surface area contributed by atoms with Crippen LogP contribution in [0.25, 0.3) is 5.70 Å². The van der Waals surface area contributed by atoms with Gasteiger partial charge in [0.05, 0.1) is 17.3 Å². The molecule has 1 saturated carbocycles. The topological polar surface area (TPSA) is 55.0 Å². The van der Waals surface area contributed by atoms with E-state index in [1.54, 1.807) is 29.0 Å². The summed E-state index contributed by atoms with van der Waals surface area (Å²) < 4.78 is 8.09. The van der Waals surface area contributed by atoms with E-state index in [1.165, 1.54) is 12.8 Å². The van der Waals surface area contributed by atoms with Crippen molar-refractivity contribution in [3.8, 4) is 11.8 Å². The summed E-state index contributed by atoms with van der Waals surface area (Å²) >= 11 is 0. The van der Waals surface area contributed by atoms with Crippen LogP contribution in [-0.4, -0.2) is 10.2 Å². The fourth-order valence-electron chi connectivity index (χ4n) is 3.86. The normalized spacial score (nSPS) is 18.4. The van der Waals surface area contributed by atoms with Crippen LogP contribution in [-0.2, 0) is 0 Å². The number of nitrogens with zero attached hydrogens (tertiary/aromatic N) is 2. The van der Waals surface area contributed by atoms with Crippen LogP contribution in [0, 0.1) is 11.3 Å². The van der Waals surface area contributed by atoms with Crippen molar-refractivity contribution < 1.29 is 4.74 Å². The van der Waals surface area contributed by atoms with Crippen LogP contribution in [0.15, 0.2) is 53.5 Å². The van der Waals surface area contributed by atoms with E-state index in [0.717, 1.165) is 42.7 Å². The molecule has 4 nitrogen and oxygen atoms in total. The van der Waals surface area contributed by atoms with E-state index in [4.69, 9.17) is 4.74 Å². The van der Waals surface area contributed by atoms with E-state index in [0.29, 0.717) is 5.56 Å². The second-order valence-electron chi connectivity index (χ2n) is 6.84. The van der Waals surface area contributed by atoms with Gasteiger partial charge in [0.2, 0.25) is 0 Å². The van der Waals surface area contributed by atoms with E-state index in [2.05, 4.69) is 12.1 Å². The molecular weight excluding hydrogens is 312 g/mol. The van der Waals surface area contributed by atoms with Crippen LogP contribution >= 0.6 is 0 Å². The zero-order chi connectivity index (χ0) is 17.3. The van der Waals surface area contributed by atoms with Crippen LogP contribution in [0.1, 0.15) is 49.7 Å². The number of aromatic nitrogens is 1. The molecule has 0 amide bonds. The average Bonchev–Trinajstić information content (AvgIpc) is 2.86. The van der Waals surface area contributed by atoms with Crippen molar-refractivity contribution in [1.29, 1.82) is 5.26 Å². The maximum absolute atomic E-state index is 12.4. The molecule has 1 aromatic carbocycles. The number of ether oxygens (including phenoxy) is 1. The SMILES string of the molecule is N#Cc1ccc2c(c1)C(n1ccccc1=O)=CC1(CCCCCC1)O2. The molecule has 25 heavy (non-hydrogen) atoms. The molecule has 0 N–H and O–H groups in total. The summed E-state index contributed by atoms with van der Waals surface area (Å²) in [4.78, 5) is 12.4. The number of nitriles is 1. The van der Waals surface area contributed by atoms with E-state index >= 15 is 0 Å². The monoisotopic (exact) mass is 332 g/mol. The third-order valence-corrected chi connectivity index (χ3v) is 5.13. The maximum Gasteiger partial charge on any atom is 0.255 e. The van der Waals surface area contributed by atoms with Crippen LogP contribution in [0.5, 0.6) is 5.75 Å². The molecule has 126 valence electrons. The fraction of sp³-hybridized carbons (Fsp3) is 0.333. The Morgan fingerprint density at radius 3 is 2.60 bits per heavy atom. The van der Waals surface area contributed by atoms with Gasteiger partial charge in [0.25, 0.3) is 5.56 Å². The van der Waals surface area contributed by atoms with Crippen molar-refractivity contribution in [1.82, 2.24) is 4.57 Å². The highest BCUT2D eigenvalue weighted by Gasteiger charge is 2.36. The first-order chi connectivity index (χ1) is 12.2. The second-order valence-corrected chi connectivity index (χ2v) is 6.84. The summed E-state index contributed by atoms with van der Waals surface area (Å²) in [7, 11) is 0. The summed E-state index contributed by atoms with van der Waals surface area (Å²) in [5, 5.41) is 9.25. The molecule has 0 atom stereocenters. The molecule has 1 aliphatic carbocycles. The van der Waals surface area contributed by atoms with Crippen molar-refractivity contribution in [3.63, 3.8) is 0 Å². The zero-order valence-electron chi connectivity index (χ0n) is 14.1. The highest BCUT2D eigenvalue weighted by Crippen LogP contribution is 2.42. The van der Waals surface area contributed by atoms with Gasteiger partial charge in [0.15, 0.2) is 0 Å². The molecule has 1 aliphatic heterocycles. The van der Waals surface area contributed by atoms with Crippen molar-refractivity contribution >= 4 is 5.70 Å². The Balaban J connectivity index is 1.92. The molecule has 2 heterocycles. The van der Waals surface area contributed by atoms with E-state index in [-0.39, 0.29) is 11.2 Å². The largest absolute Gasteiger partial charge is 0.482 e. The molecular formula is C21H20N2O2. The first-order valence-electron chi connectivity index (χ1n) is 8.85. The minimum absolute atomic E-state index is 0.0762. The summed E-state index contributed by atoms with van der Waals surface area (Å²) in [6, 6.07) is 12.8. The molecule has 1 spiro atoms. The standard InChI is InChI=1S/C21H20N2O2/c22-15-16-8-9-19-17(13-16)18(23-12-6-3-7-20(23)24)14-21(25-19)10-4-1-2-5-11-21/h3,6-9,12-14H,1-2,4-5,10-11H2. The van der Waals surface area contributed by atoms with Gasteiger partial charge in [-0.15, -0.1) is 0 Å². The smallest absolute Gasteiger partial charge is 0.255 e. The molecule has 1 aromatic heterocycles. The van der Waals surface area contributed by atoms with Gasteiger partial charge >= 0.3 is 0 Å². The lowest BCUT2D eigenvalue weighted by Gasteiger charge is -2.36. The average molecular weight is 332 g/mol. The number of hydrogen-bond acceptors (Lipinski definition) is 3. The van der Waals surface area contributed by atoms with Gasteiger partial charge in [-0.3, -0.25) is 9.36 Å². The Bertz CT molecular complexity index is 925. The third kappa shape index (κ3) is 2.87. The fourth-order valence-corrected chi connectivity index (χ4v) is 3.86. The maximum atomic E-state index is 12.4. The van der Waals surface area contributed by atoms with Gasteiger partial charge in [-0.05, 0) is 56.0 Å². The van der Waals surface area contributed by atoms with Gasteiger partial charge in [0.1, 0.15) is 11.4 Å². The van der Waals surface area contributed by atoms with Crippen molar-refractivity contribution in [2.45, 2.75) is 44.1 Å². The molecule has 4 rings (SSSR count). The first-order valence-corrected chi connectivity index (χ1v) is 8.85. The van der Waals surface area contributed by atoms with E-state index in [9.17, 15) is 10.1 Å². The summed E-state index contributed by atoms with van der Waals surface area (Å²) in [5.74, 6) is 0.758. The predicted molar refractivity (Wildman–Crippen MR) is 96.3 cm³/mol. The Morgan fingerprint density at radius 2 is 1.88 bits per heavy atom. The highest BCUT2D eigenvalue weighted by atomic mass is 16.5. The molecule has 0 bridgehead atoms. The van der Waals surface area contributed by atoms with Crippen molar-refractivity contribution in [3.05, 3.63) is 70.2 Å². The number of rotatable bonds is 1. The Morgan fingerprint density at radius 1 is 1.08 bits per heavy atom. The number of hydrogen-bond donors (Lipinski definition) is 0. The van der Waals surface area contributed by atoms with Crippen LogP contribution in [0.4, 0.5) is 0 Å². The van der Waals surface area contributed by atoms with Crippen LogP contribution < -0.4 is 10.3 Å². The number of benzene rings is 1. The second kappa shape index (κ2) is 6.25. The van der Waals surface area contributed by atoms with Crippen molar-refractivity contribution in [2.75, 3.05) is 0 Å². The van der Waals surface area contributed by atoms with Crippen LogP contribution in [0.2, 0.25) is 0 Å². The molecule has 4 heteroatoms. The summed E-state index contributed by atoms with van der Waals surface area (Å²) in [6.07, 6.45) is 10.5. The number of fused-ring (bicyclic) bond motifs is 1. The predicted octanol–water partition coefficient (Wildman–Crippen LogP) is 4.09. The van der Waals surface area contributed by atoms with Gasteiger partial charge in [-0.1, -0.05) is 18.9 Å². The molecule has 0 unspecified atom stereocenters. The van der Waals surface area contributed by atoms with Crippen molar-refractivity contribution in [2.24, 2.45) is 0 Å². The van der Waals surface area contributed by atoms with E-state index in [1.807, 2.05) is 18.2 Å². The molecule has 0 radical (unpaired) electrons. The lowest BCUT2D eigenvalue weighted by Crippen LogP contribution is -2.37. The lowest BCUT2D eigenvalue weighted by atomic mass is 9.88. The zero-order valence-corrected chi connectivity index (χ0v) is 14.1. The van der Waals surface area contributed by atoms with Gasteiger partial charge in [-0.2, -0.15) is 5.26 Å². The molecule has 1 fully saturated rings. The molecule has 2 aliphatic rings. The molecule has 0 saturated heterocycles. The van der Waals surface area contributed by atoms with Gasteiger partial charge in [0, 0.05) is 17.8 Å².